The first-order valence-corrected chi connectivity index (χ1v) is 2.02. The fourth-order valence-corrected chi connectivity index (χ4v) is 0.325. The van der Waals surface area contributed by atoms with Crippen LogP contribution < -0.4 is 17.2 Å². The lowest BCUT2D eigenvalue weighted by Crippen LogP contribution is -2.46. The summed E-state index contributed by atoms with van der Waals surface area (Å²) in [6.07, 6.45) is 0. The van der Waals surface area contributed by atoms with Crippen LogP contribution in [0.5, 0.6) is 0 Å². The number of ether oxygens (including phenoxy) is 1. The number of rotatable bonds is 0. The Balaban J connectivity index is 2.59. The van der Waals surface area contributed by atoms with Crippen LogP contribution in [0.4, 0.5) is 0 Å². The second kappa shape index (κ2) is 0.830. The Morgan fingerprint density at radius 3 is 1.43 bits per heavy atom. The maximum atomic E-state index is 5.27. The second-order valence-electron chi connectivity index (χ2n) is 2.00. The van der Waals surface area contributed by atoms with Crippen LogP contribution in [-0.4, -0.2) is 11.6 Å². The van der Waals surface area contributed by atoms with E-state index < -0.39 is 11.6 Å². The van der Waals surface area contributed by atoms with E-state index in [1.807, 2.05) is 0 Å². The van der Waals surface area contributed by atoms with Crippen molar-refractivity contribution < 1.29 is 4.74 Å². The quantitative estimate of drug-likeness (QED) is 0.251. The zero-order valence-corrected chi connectivity index (χ0v) is 4.14. The minimum absolute atomic E-state index is 0.799. The highest BCUT2D eigenvalue weighted by Crippen LogP contribution is 2.32. The van der Waals surface area contributed by atoms with E-state index in [2.05, 4.69) is 4.74 Å². The van der Waals surface area contributed by atoms with Gasteiger partial charge in [-0.1, -0.05) is 0 Å². The van der Waals surface area contributed by atoms with E-state index in [1.54, 1.807) is 6.92 Å². The van der Waals surface area contributed by atoms with Gasteiger partial charge in [-0.3, -0.25) is 17.2 Å². The van der Waals surface area contributed by atoms with Crippen LogP contribution in [0.15, 0.2) is 0 Å². The van der Waals surface area contributed by atoms with Crippen molar-refractivity contribution in [3.8, 4) is 0 Å². The van der Waals surface area contributed by atoms with E-state index in [1.165, 1.54) is 0 Å². The summed E-state index contributed by atoms with van der Waals surface area (Å²) >= 11 is 0. The summed E-state index contributed by atoms with van der Waals surface area (Å²) in [5.74, 6) is -1.08. The van der Waals surface area contributed by atoms with E-state index in [4.69, 9.17) is 17.2 Å². The van der Waals surface area contributed by atoms with Crippen molar-refractivity contribution in [1.82, 2.24) is 0 Å². The SMILES string of the molecule is CC1(N)OC1(N)N. The number of nitrogens with two attached hydrogens (primary N) is 3. The molecule has 0 saturated carbocycles. The highest BCUT2D eigenvalue weighted by Gasteiger charge is 2.60. The minimum atomic E-state index is -1.08. The summed E-state index contributed by atoms with van der Waals surface area (Å²) in [5, 5.41) is 0. The van der Waals surface area contributed by atoms with Crippen LogP contribution in [0.1, 0.15) is 6.92 Å². The van der Waals surface area contributed by atoms with Crippen molar-refractivity contribution in [2.24, 2.45) is 17.2 Å². The first-order valence-electron chi connectivity index (χ1n) is 2.02. The van der Waals surface area contributed by atoms with Gasteiger partial charge in [0, 0.05) is 0 Å². The van der Waals surface area contributed by atoms with Crippen molar-refractivity contribution >= 4 is 0 Å². The zero-order chi connectivity index (χ0) is 5.71. The molecule has 0 amide bonds. The lowest BCUT2D eigenvalue weighted by molar-refractivity contribution is 0.277. The van der Waals surface area contributed by atoms with Crippen LogP contribution in [0.25, 0.3) is 0 Å². The van der Waals surface area contributed by atoms with E-state index in [9.17, 15) is 0 Å². The van der Waals surface area contributed by atoms with E-state index in [-0.39, 0.29) is 0 Å². The van der Waals surface area contributed by atoms with Gasteiger partial charge in [0.15, 0.2) is 5.72 Å². The standard InChI is InChI=1S/C3H9N3O/c1-2(4)3(5,6)7-2/h4-6H2,1H3. The normalized spacial score (nSPS) is 46.3. The Morgan fingerprint density at radius 2 is 1.43 bits per heavy atom. The topological polar surface area (TPSA) is 90.6 Å². The summed E-state index contributed by atoms with van der Waals surface area (Å²) in [7, 11) is 0. The van der Waals surface area contributed by atoms with Gasteiger partial charge in [0.1, 0.15) is 0 Å². The molecule has 6 N–H and O–H groups in total. The van der Waals surface area contributed by atoms with Crippen LogP contribution in [-0.2, 0) is 4.74 Å². The Hall–Kier alpha value is -0.160. The van der Waals surface area contributed by atoms with Gasteiger partial charge in [-0.25, -0.2) is 0 Å². The second-order valence-corrected chi connectivity index (χ2v) is 2.00. The van der Waals surface area contributed by atoms with Crippen LogP contribution in [0.3, 0.4) is 0 Å². The molecular weight excluding hydrogens is 94.1 g/mol. The Labute approximate surface area is 41.6 Å². The van der Waals surface area contributed by atoms with E-state index >= 15 is 0 Å². The molecule has 4 heteroatoms. The first kappa shape index (κ1) is 4.99. The zero-order valence-electron chi connectivity index (χ0n) is 4.14. The lowest BCUT2D eigenvalue weighted by atomic mass is 10.3. The molecule has 0 aliphatic carbocycles. The summed E-state index contributed by atoms with van der Waals surface area (Å²) in [6, 6.07) is 0. The summed E-state index contributed by atoms with van der Waals surface area (Å²) in [6.45, 7) is 1.63. The van der Waals surface area contributed by atoms with Gasteiger partial charge in [0.25, 0.3) is 0 Å². The third-order valence-electron chi connectivity index (χ3n) is 1.12. The highest BCUT2D eigenvalue weighted by molar-refractivity contribution is 5.00. The van der Waals surface area contributed by atoms with Gasteiger partial charge in [-0.05, 0) is 6.92 Å². The van der Waals surface area contributed by atoms with Crippen LogP contribution in [0, 0.1) is 0 Å². The minimum Gasteiger partial charge on any atom is -0.317 e. The largest absolute Gasteiger partial charge is 0.317 e. The highest BCUT2D eigenvalue weighted by atomic mass is 16.7. The molecule has 42 valence electrons. The molecule has 1 saturated heterocycles. The predicted molar refractivity (Wildman–Crippen MR) is 24.8 cm³/mol. The Morgan fingerprint density at radius 1 is 1.29 bits per heavy atom. The molecule has 1 heterocycles. The predicted octanol–water partition coefficient (Wildman–Crippen LogP) is -1.74. The molecule has 4 nitrogen and oxygen atoms in total. The number of hydrogen-bond acceptors (Lipinski definition) is 4. The number of hydrogen-bond donors (Lipinski definition) is 3. The van der Waals surface area contributed by atoms with Crippen molar-refractivity contribution in [1.29, 1.82) is 0 Å². The molecule has 0 aromatic heterocycles. The molecule has 7 heavy (non-hydrogen) atoms. The molecule has 1 unspecified atom stereocenters. The molecule has 0 spiro atoms. The molecular formula is C3H9N3O. The summed E-state index contributed by atoms with van der Waals surface area (Å²) < 4.78 is 4.62. The molecule has 1 aliphatic rings. The maximum absolute atomic E-state index is 5.27. The molecule has 1 rings (SSSR count). The first-order chi connectivity index (χ1) is 2.96. The molecule has 0 aromatic carbocycles. The fourth-order valence-electron chi connectivity index (χ4n) is 0.325. The lowest BCUT2D eigenvalue weighted by Gasteiger charge is -1.96. The maximum Gasteiger partial charge on any atom is 0.215 e. The molecule has 0 aromatic rings. The van der Waals surface area contributed by atoms with Gasteiger partial charge in [0.05, 0.1) is 0 Å². The van der Waals surface area contributed by atoms with E-state index in [0.717, 1.165) is 0 Å². The third kappa shape index (κ3) is 0.522. The third-order valence-corrected chi connectivity index (χ3v) is 1.12. The average Bonchev–Trinajstić information content (AvgIpc) is 1.63. The number of epoxide rings is 1. The van der Waals surface area contributed by atoms with Crippen molar-refractivity contribution in [3.63, 3.8) is 0 Å². The van der Waals surface area contributed by atoms with E-state index in [0.29, 0.717) is 0 Å². The molecule has 0 radical (unpaired) electrons. The van der Waals surface area contributed by atoms with Gasteiger partial charge in [0.2, 0.25) is 5.85 Å². The molecule has 1 fully saturated rings. The van der Waals surface area contributed by atoms with Crippen LogP contribution in [0.2, 0.25) is 0 Å². The Bertz CT molecular complexity index is 86.4. The monoisotopic (exact) mass is 103 g/mol. The van der Waals surface area contributed by atoms with Gasteiger partial charge in [-0.15, -0.1) is 0 Å². The Kier molecular flexibility index (Phi) is 0.591. The summed E-state index contributed by atoms with van der Waals surface area (Å²) in [5.41, 5.74) is 14.8. The smallest absolute Gasteiger partial charge is 0.215 e. The summed E-state index contributed by atoms with van der Waals surface area (Å²) in [4.78, 5) is 0. The van der Waals surface area contributed by atoms with Crippen molar-refractivity contribution in [2.45, 2.75) is 18.5 Å². The fraction of sp³-hybridized carbons (Fsp3) is 1.00. The average molecular weight is 103 g/mol. The molecule has 0 bridgehead atoms. The van der Waals surface area contributed by atoms with Crippen molar-refractivity contribution in [2.75, 3.05) is 0 Å². The van der Waals surface area contributed by atoms with Crippen LogP contribution >= 0.6 is 0 Å². The van der Waals surface area contributed by atoms with Gasteiger partial charge < -0.3 is 4.74 Å². The molecule has 1 aliphatic heterocycles. The van der Waals surface area contributed by atoms with Gasteiger partial charge >= 0.3 is 0 Å². The van der Waals surface area contributed by atoms with Crippen molar-refractivity contribution in [3.05, 3.63) is 0 Å². The van der Waals surface area contributed by atoms with Gasteiger partial charge in [-0.2, -0.15) is 0 Å². The molecule has 1 atom stereocenters.